The number of para-hydroxylation sites is 1. The summed E-state index contributed by atoms with van der Waals surface area (Å²) < 4.78 is 5.70. The lowest BCUT2D eigenvalue weighted by Crippen LogP contribution is -2.48. The Bertz CT molecular complexity index is 475. The molecule has 0 aliphatic heterocycles. The third-order valence-electron chi connectivity index (χ3n) is 3.28. The molecule has 4 nitrogen and oxygen atoms in total. The number of ether oxygens (including phenoxy) is 1. The molecule has 0 radical (unpaired) electrons. The summed E-state index contributed by atoms with van der Waals surface area (Å²) in [4.78, 5) is 12.1. The second kappa shape index (κ2) is 6.95. The van der Waals surface area contributed by atoms with Crippen LogP contribution in [-0.2, 0) is 11.3 Å². The molecule has 0 saturated carbocycles. The minimum absolute atomic E-state index is 0.167. The molecule has 0 bridgehead atoms. The minimum atomic E-state index is -0.633. The highest BCUT2D eigenvalue weighted by Crippen LogP contribution is 2.29. The molecule has 1 amide bonds. The predicted molar refractivity (Wildman–Crippen MR) is 81.9 cm³/mol. The average Bonchev–Trinajstić information content (AvgIpc) is 2.40. The SMILES string of the molecule is CCC(C)(C)NC(=O)C(C)Oc1c(Cl)cccc1CN. The number of carbonyl (C=O) groups excluding carboxylic acids is 1. The number of hydrogen-bond donors (Lipinski definition) is 2. The van der Waals surface area contributed by atoms with E-state index in [0.29, 0.717) is 17.3 Å². The van der Waals surface area contributed by atoms with Gasteiger partial charge in [0.05, 0.1) is 5.02 Å². The molecule has 3 N–H and O–H groups in total. The number of nitrogens with two attached hydrogens (primary N) is 1. The zero-order chi connectivity index (χ0) is 15.3. The molecule has 1 rings (SSSR count). The minimum Gasteiger partial charge on any atom is -0.479 e. The van der Waals surface area contributed by atoms with E-state index in [1.807, 2.05) is 32.9 Å². The predicted octanol–water partition coefficient (Wildman–Crippen LogP) is 2.87. The first kappa shape index (κ1) is 16.8. The van der Waals surface area contributed by atoms with Crippen LogP contribution in [0.1, 0.15) is 39.7 Å². The normalized spacial score (nSPS) is 12.9. The van der Waals surface area contributed by atoms with Crippen molar-refractivity contribution in [3.8, 4) is 5.75 Å². The molecule has 0 fully saturated rings. The zero-order valence-corrected chi connectivity index (χ0v) is 13.3. The Kier molecular flexibility index (Phi) is 5.84. The number of nitrogens with one attached hydrogen (secondary N) is 1. The molecule has 5 heteroatoms. The maximum absolute atomic E-state index is 12.1. The van der Waals surface area contributed by atoms with Gasteiger partial charge in [-0.05, 0) is 33.3 Å². The van der Waals surface area contributed by atoms with Crippen molar-refractivity contribution in [3.05, 3.63) is 28.8 Å². The number of halogens is 1. The molecule has 0 aromatic heterocycles. The van der Waals surface area contributed by atoms with Gasteiger partial charge < -0.3 is 15.8 Å². The molecule has 1 aromatic carbocycles. The first-order valence-corrected chi connectivity index (χ1v) is 7.14. The fraction of sp³-hybridized carbons (Fsp3) is 0.533. The molecule has 0 spiro atoms. The Hall–Kier alpha value is -1.26. The van der Waals surface area contributed by atoms with Crippen molar-refractivity contribution < 1.29 is 9.53 Å². The van der Waals surface area contributed by atoms with Crippen LogP contribution in [-0.4, -0.2) is 17.6 Å². The molecule has 1 atom stereocenters. The van der Waals surface area contributed by atoms with Gasteiger partial charge in [0.15, 0.2) is 6.10 Å². The second-order valence-corrected chi connectivity index (χ2v) is 5.83. The summed E-state index contributed by atoms with van der Waals surface area (Å²) in [7, 11) is 0. The molecule has 0 heterocycles. The number of carbonyl (C=O) groups is 1. The van der Waals surface area contributed by atoms with Gasteiger partial charge in [-0.25, -0.2) is 0 Å². The lowest BCUT2D eigenvalue weighted by molar-refractivity contribution is -0.129. The topological polar surface area (TPSA) is 64.3 Å². The Morgan fingerprint density at radius 1 is 1.50 bits per heavy atom. The summed E-state index contributed by atoms with van der Waals surface area (Å²) in [5.41, 5.74) is 6.18. The van der Waals surface area contributed by atoms with E-state index in [9.17, 15) is 4.79 Å². The molecule has 112 valence electrons. The van der Waals surface area contributed by atoms with Crippen molar-refractivity contribution in [2.45, 2.75) is 52.3 Å². The number of benzene rings is 1. The van der Waals surface area contributed by atoms with Crippen molar-refractivity contribution in [1.29, 1.82) is 0 Å². The highest BCUT2D eigenvalue weighted by atomic mass is 35.5. The lowest BCUT2D eigenvalue weighted by Gasteiger charge is -2.27. The van der Waals surface area contributed by atoms with Crippen LogP contribution in [0.2, 0.25) is 5.02 Å². The highest BCUT2D eigenvalue weighted by molar-refractivity contribution is 6.32. The first-order chi connectivity index (χ1) is 9.30. The van der Waals surface area contributed by atoms with E-state index in [4.69, 9.17) is 22.1 Å². The second-order valence-electron chi connectivity index (χ2n) is 5.42. The number of amides is 1. The van der Waals surface area contributed by atoms with Gasteiger partial charge in [-0.3, -0.25) is 4.79 Å². The summed E-state index contributed by atoms with van der Waals surface area (Å²) >= 11 is 6.11. The fourth-order valence-electron chi connectivity index (χ4n) is 1.60. The highest BCUT2D eigenvalue weighted by Gasteiger charge is 2.24. The third kappa shape index (κ3) is 4.39. The molecule has 0 saturated heterocycles. The van der Waals surface area contributed by atoms with Crippen LogP contribution in [0.5, 0.6) is 5.75 Å². The van der Waals surface area contributed by atoms with Gasteiger partial charge in [0, 0.05) is 17.6 Å². The van der Waals surface area contributed by atoms with Crippen molar-refractivity contribution in [3.63, 3.8) is 0 Å². The largest absolute Gasteiger partial charge is 0.479 e. The summed E-state index contributed by atoms with van der Waals surface area (Å²) in [6.45, 7) is 7.97. The molecule has 20 heavy (non-hydrogen) atoms. The van der Waals surface area contributed by atoms with Crippen LogP contribution in [0.4, 0.5) is 0 Å². The van der Waals surface area contributed by atoms with Crippen LogP contribution in [0.25, 0.3) is 0 Å². The van der Waals surface area contributed by atoms with E-state index in [1.54, 1.807) is 13.0 Å². The van der Waals surface area contributed by atoms with Gasteiger partial charge >= 0.3 is 0 Å². The maximum atomic E-state index is 12.1. The van der Waals surface area contributed by atoms with Crippen molar-refractivity contribution in [2.24, 2.45) is 5.73 Å². The van der Waals surface area contributed by atoms with E-state index in [1.165, 1.54) is 0 Å². The molecular weight excluding hydrogens is 276 g/mol. The van der Waals surface area contributed by atoms with Crippen LogP contribution in [0.15, 0.2) is 18.2 Å². The monoisotopic (exact) mass is 298 g/mol. The molecule has 0 aliphatic rings. The van der Waals surface area contributed by atoms with E-state index in [-0.39, 0.29) is 11.4 Å². The lowest BCUT2D eigenvalue weighted by atomic mass is 10.0. The molecule has 0 aliphatic carbocycles. The van der Waals surface area contributed by atoms with Gasteiger partial charge in [0.1, 0.15) is 5.75 Å². The van der Waals surface area contributed by atoms with Crippen molar-refractivity contribution in [1.82, 2.24) is 5.32 Å². The maximum Gasteiger partial charge on any atom is 0.261 e. The fourth-order valence-corrected chi connectivity index (χ4v) is 1.84. The van der Waals surface area contributed by atoms with E-state index >= 15 is 0 Å². The number of rotatable bonds is 6. The van der Waals surface area contributed by atoms with Gasteiger partial charge in [-0.1, -0.05) is 30.7 Å². The Labute approximate surface area is 125 Å². The van der Waals surface area contributed by atoms with Crippen LogP contribution in [0.3, 0.4) is 0 Å². The van der Waals surface area contributed by atoms with Crippen molar-refractivity contribution in [2.75, 3.05) is 0 Å². The zero-order valence-electron chi connectivity index (χ0n) is 12.5. The Balaban J connectivity index is 2.81. The molecule has 1 aromatic rings. The van der Waals surface area contributed by atoms with Crippen LogP contribution in [0, 0.1) is 0 Å². The van der Waals surface area contributed by atoms with Crippen molar-refractivity contribution >= 4 is 17.5 Å². The Morgan fingerprint density at radius 3 is 2.70 bits per heavy atom. The summed E-state index contributed by atoms with van der Waals surface area (Å²) in [6, 6.07) is 5.36. The molecular formula is C15H23ClN2O2. The van der Waals surface area contributed by atoms with Crippen LogP contribution >= 0.6 is 11.6 Å². The standard InChI is InChI=1S/C15H23ClN2O2/c1-5-15(3,4)18-14(19)10(2)20-13-11(9-17)7-6-8-12(13)16/h6-8,10H,5,9,17H2,1-4H3,(H,18,19). The summed E-state index contributed by atoms with van der Waals surface area (Å²) in [6.07, 6.45) is 0.206. The average molecular weight is 299 g/mol. The smallest absolute Gasteiger partial charge is 0.261 e. The van der Waals surface area contributed by atoms with Crippen LogP contribution < -0.4 is 15.8 Å². The third-order valence-corrected chi connectivity index (χ3v) is 3.58. The van der Waals surface area contributed by atoms with Gasteiger partial charge in [0.2, 0.25) is 0 Å². The van der Waals surface area contributed by atoms with Gasteiger partial charge in [-0.2, -0.15) is 0 Å². The summed E-state index contributed by atoms with van der Waals surface area (Å²) in [5.74, 6) is 0.313. The quantitative estimate of drug-likeness (QED) is 0.849. The first-order valence-electron chi connectivity index (χ1n) is 6.77. The molecule has 1 unspecified atom stereocenters. The van der Waals surface area contributed by atoms with E-state index in [0.717, 1.165) is 12.0 Å². The van der Waals surface area contributed by atoms with Gasteiger partial charge in [0.25, 0.3) is 5.91 Å². The van der Waals surface area contributed by atoms with Gasteiger partial charge in [-0.15, -0.1) is 0 Å². The van der Waals surface area contributed by atoms with E-state index in [2.05, 4.69) is 5.32 Å². The van der Waals surface area contributed by atoms with E-state index < -0.39 is 6.10 Å². The Morgan fingerprint density at radius 2 is 2.15 bits per heavy atom. The summed E-state index contributed by atoms with van der Waals surface area (Å²) in [5, 5.41) is 3.41. The number of hydrogen-bond acceptors (Lipinski definition) is 3.